The first-order chi connectivity index (χ1) is 6.50. The highest BCUT2D eigenvalue weighted by Gasteiger charge is 2.14. The second kappa shape index (κ2) is 4.29. The van der Waals surface area contributed by atoms with Crippen molar-refractivity contribution < 1.29 is 9.94 Å². The van der Waals surface area contributed by atoms with Crippen LogP contribution in [0.3, 0.4) is 0 Å². The van der Waals surface area contributed by atoms with E-state index in [9.17, 15) is 5.11 Å². The van der Waals surface area contributed by atoms with Gasteiger partial charge in [0.2, 0.25) is 0 Å². The Bertz CT molecular complexity index is 335. The third-order valence-electron chi connectivity index (χ3n) is 2.59. The molecule has 4 heteroatoms. The van der Waals surface area contributed by atoms with Crippen LogP contribution in [0.4, 0.5) is 0 Å². The van der Waals surface area contributed by atoms with Crippen LogP contribution < -0.4 is 5.90 Å². The summed E-state index contributed by atoms with van der Waals surface area (Å²) in [6.07, 6.45) is 0. The summed E-state index contributed by atoms with van der Waals surface area (Å²) in [5, 5.41) is 9.74. The smallest absolute Gasteiger partial charge is 0.133 e. The van der Waals surface area contributed by atoms with Crippen LogP contribution >= 0.6 is 15.9 Å². The lowest BCUT2D eigenvalue weighted by Gasteiger charge is -2.15. The van der Waals surface area contributed by atoms with Crippen LogP contribution in [-0.4, -0.2) is 5.11 Å². The van der Waals surface area contributed by atoms with Gasteiger partial charge in [-0.1, -0.05) is 0 Å². The quantitative estimate of drug-likeness (QED) is 0.803. The van der Waals surface area contributed by atoms with Gasteiger partial charge in [-0.3, -0.25) is 4.84 Å². The number of halogens is 1. The number of benzene rings is 1. The molecule has 0 aromatic heterocycles. The van der Waals surface area contributed by atoms with Gasteiger partial charge in [-0.2, -0.15) is 0 Å². The van der Waals surface area contributed by atoms with Crippen molar-refractivity contribution in [2.24, 2.45) is 5.90 Å². The van der Waals surface area contributed by atoms with E-state index in [1.54, 1.807) is 0 Å². The van der Waals surface area contributed by atoms with Crippen molar-refractivity contribution >= 4 is 15.9 Å². The van der Waals surface area contributed by atoms with Crippen LogP contribution in [0, 0.1) is 20.8 Å². The molecule has 0 aliphatic rings. The van der Waals surface area contributed by atoms with E-state index in [0.717, 1.165) is 22.3 Å². The first-order valence-corrected chi connectivity index (χ1v) is 5.08. The van der Waals surface area contributed by atoms with Crippen molar-refractivity contribution in [3.63, 3.8) is 0 Å². The number of aromatic hydroxyl groups is 1. The van der Waals surface area contributed by atoms with Crippen LogP contribution in [0.2, 0.25) is 0 Å². The summed E-state index contributed by atoms with van der Waals surface area (Å²) >= 11 is 3.34. The predicted octanol–water partition coefficient (Wildman–Crippen LogP) is 2.47. The van der Waals surface area contributed by atoms with Gasteiger partial charge in [0.1, 0.15) is 5.75 Å². The van der Waals surface area contributed by atoms with E-state index >= 15 is 0 Å². The molecule has 14 heavy (non-hydrogen) atoms. The molecule has 0 aliphatic carbocycles. The third-order valence-corrected chi connectivity index (χ3v) is 3.56. The van der Waals surface area contributed by atoms with Gasteiger partial charge in [-0.05, 0) is 59.0 Å². The topological polar surface area (TPSA) is 55.5 Å². The fourth-order valence-corrected chi connectivity index (χ4v) is 2.00. The maximum absolute atomic E-state index is 9.74. The van der Waals surface area contributed by atoms with E-state index < -0.39 is 0 Å². The van der Waals surface area contributed by atoms with Gasteiger partial charge >= 0.3 is 0 Å². The summed E-state index contributed by atoms with van der Waals surface area (Å²) in [6.45, 7) is 6.10. The Morgan fingerprint density at radius 3 is 2.29 bits per heavy atom. The first-order valence-electron chi connectivity index (χ1n) is 4.29. The molecule has 78 valence electrons. The number of nitrogens with two attached hydrogens (primary N) is 1. The molecule has 0 aliphatic heterocycles. The Hall–Kier alpha value is -0.580. The Morgan fingerprint density at radius 1 is 1.21 bits per heavy atom. The summed E-state index contributed by atoms with van der Waals surface area (Å²) in [7, 11) is 0. The Labute approximate surface area is 92.0 Å². The summed E-state index contributed by atoms with van der Waals surface area (Å²) in [5.74, 6) is 5.35. The standard InChI is InChI=1S/C10H14BrNO2/c1-5-6(2)10(13)9(11)7(3)8(5)4-14-12/h13H,4,12H2,1-3H3. The largest absolute Gasteiger partial charge is 0.506 e. The molecule has 0 heterocycles. The van der Waals surface area contributed by atoms with Gasteiger partial charge < -0.3 is 5.11 Å². The molecule has 0 fully saturated rings. The van der Waals surface area contributed by atoms with Crippen LogP contribution in [0.25, 0.3) is 0 Å². The minimum atomic E-state index is 0.292. The summed E-state index contributed by atoms with van der Waals surface area (Å²) in [4.78, 5) is 4.64. The van der Waals surface area contributed by atoms with Crippen LogP contribution in [-0.2, 0) is 11.4 Å². The van der Waals surface area contributed by atoms with Gasteiger partial charge in [-0.25, -0.2) is 5.90 Å². The maximum atomic E-state index is 9.74. The van der Waals surface area contributed by atoms with E-state index in [-0.39, 0.29) is 0 Å². The van der Waals surface area contributed by atoms with E-state index in [0.29, 0.717) is 16.8 Å². The first kappa shape index (κ1) is 11.5. The van der Waals surface area contributed by atoms with E-state index in [2.05, 4.69) is 20.8 Å². The van der Waals surface area contributed by atoms with Crippen molar-refractivity contribution in [3.8, 4) is 5.75 Å². The normalized spacial score (nSPS) is 10.6. The highest BCUT2D eigenvalue weighted by atomic mass is 79.9. The second-order valence-electron chi connectivity index (χ2n) is 3.33. The zero-order valence-electron chi connectivity index (χ0n) is 8.52. The van der Waals surface area contributed by atoms with Gasteiger partial charge in [0.05, 0.1) is 11.1 Å². The molecule has 1 aromatic rings. The number of phenols is 1. The third kappa shape index (κ3) is 1.78. The molecule has 1 aromatic carbocycles. The molecule has 0 saturated carbocycles. The van der Waals surface area contributed by atoms with Crippen molar-refractivity contribution in [1.82, 2.24) is 0 Å². The molecule has 0 saturated heterocycles. The van der Waals surface area contributed by atoms with Gasteiger partial charge in [0.15, 0.2) is 0 Å². The molecule has 0 spiro atoms. The van der Waals surface area contributed by atoms with Crippen molar-refractivity contribution in [3.05, 3.63) is 26.7 Å². The molecular weight excluding hydrogens is 246 g/mol. The van der Waals surface area contributed by atoms with E-state index in [1.807, 2.05) is 20.8 Å². The lowest BCUT2D eigenvalue weighted by atomic mass is 9.98. The van der Waals surface area contributed by atoms with Gasteiger partial charge in [-0.15, -0.1) is 0 Å². The van der Waals surface area contributed by atoms with Crippen LogP contribution in [0.15, 0.2) is 4.47 Å². The number of phenolic OH excluding ortho intramolecular Hbond substituents is 1. The minimum Gasteiger partial charge on any atom is -0.506 e. The molecule has 3 nitrogen and oxygen atoms in total. The summed E-state index contributed by atoms with van der Waals surface area (Å²) in [5.41, 5.74) is 3.87. The maximum Gasteiger partial charge on any atom is 0.133 e. The number of hydrogen-bond acceptors (Lipinski definition) is 3. The molecule has 0 amide bonds. The average molecular weight is 260 g/mol. The van der Waals surface area contributed by atoms with Crippen molar-refractivity contribution in [2.75, 3.05) is 0 Å². The summed E-state index contributed by atoms with van der Waals surface area (Å²) in [6, 6.07) is 0. The fraction of sp³-hybridized carbons (Fsp3) is 0.400. The highest BCUT2D eigenvalue weighted by molar-refractivity contribution is 9.10. The monoisotopic (exact) mass is 259 g/mol. The Morgan fingerprint density at radius 2 is 1.79 bits per heavy atom. The van der Waals surface area contributed by atoms with E-state index in [4.69, 9.17) is 5.90 Å². The van der Waals surface area contributed by atoms with Crippen LogP contribution in [0.1, 0.15) is 22.3 Å². The molecule has 0 bridgehead atoms. The van der Waals surface area contributed by atoms with Crippen LogP contribution in [0.5, 0.6) is 5.75 Å². The molecule has 0 atom stereocenters. The van der Waals surface area contributed by atoms with Crippen molar-refractivity contribution in [1.29, 1.82) is 0 Å². The average Bonchev–Trinajstić information content (AvgIpc) is 2.19. The summed E-state index contributed by atoms with van der Waals surface area (Å²) < 4.78 is 0.715. The fourth-order valence-electron chi connectivity index (χ4n) is 1.46. The highest BCUT2D eigenvalue weighted by Crippen LogP contribution is 2.36. The zero-order valence-corrected chi connectivity index (χ0v) is 10.1. The molecular formula is C10H14BrNO2. The predicted molar refractivity (Wildman–Crippen MR) is 59.0 cm³/mol. The Kier molecular flexibility index (Phi) is 3.53. The van der Waals surface area contributed by atoms with Gasteiger partial charge in [0.25, 0.3) is 0 Å². The van der Waals surface area contributed by atoms with Gasteiger partial charge in [0, 0.05) is 0 Å². The SMILES string of the molecule is Cc1c(C)c(CON)c(C)c(Br)c1O. The lowest BCUT2D eigenvalue weighted by molar-refractivity contribution is 0.123. The molecule has 1 rings (SSSR count). The molecule has 0 radical (unpaired) electrons. The Balaban J connectivity index is 3.43. The second-order valence-corrected chi connectivity index (χ2v) is 4.12. The van der Waals surface area contributed by atoms with E-state index in [1.165, 1.54) is 0 Å². The molecule has 3 N–H and O–H groups in total. The van der Waals surface area contributed by atoms with Crippen molar-refractivity contribution in [2.45, 2.75) is 27.4 Å². The number of hydrogen-bond donors (Lipinski definition) is 2. The number of rotatable bonds is 2. The lowest BCUT2D eigenvalue weighted by Crippen LogP contribution is -2.05. The molecule has 0 unspecified atom stereocenters. The zero-order chi connectivity index (χ0) is 10.9. The minimum absolute atomic E-state index is 0.292.